The lowest BCUT2D eigenvalue weighted by Gasteiger charge is -2.27. The Hall–Kier alpha value is -0.340. The molecule has 1 fully saturated rings. The highest BCUT2D eigenvalue weighted by Gasteiger charge is 2.45. The Bertz CT molecular complexity index is 721. The van der Waals surface area contributed by atoms with Crippen LogP contribution in [0.2, 0.25) is 0 Å². The Morgan fingerprint density at radius 1 is 0.553 bits per heavy atom. The monoisotopic (exact) mass is 701 g/mol. The average molecular weight is 701 g/mol. The Morgan fingerprint density at radius 2 is 0.872 bits per heavy atom. The summed E-state index contributed by atoms with van der Waals surface area (Å²) in [6, 6.07) is 0. The fourth-order valence-electron chi connectivity index (χ4n) is 6.65. The highest BCUT2D eigenvalue weighted by atomic mass is 32.1. The van der Waals surface area contributed by atoms with E-state index >= 15 is 0 Å². The van der Waals surface area contributed by atoms with Gasteiger partial charge in [0.25, 0.3) is 0 Å². The molecule has 2 N–H and O–H groups in total. The van der Waals surface area contributed by atoms with E-state index in [4.69, 9.17) is 38.6 Å². The summed E-state index contributed by atoms with van der Waals surface area (Å²) in [6.07, 6.45) is 35.8. The third-order valence-corrected chi connectivity index (χ3v) is 10.3. The summed E-state index contributed by atoms with van der Waals surface area (Å²) < 4.78 is 18.1. The molecule has 0 aliphatic carbocycles. The zero-order valence-electron chi connectivity index (χ0n) is 30.9. The van der Waals surface area contributed by atoms with Gasteiger partial charge in [-0.05, 0) is 37.3 Å². The van der Waals surface area contributed by atoms with Crippen molar-refractivity contribution in [2.45, 2.75) is 231 Å². The van der Waals surface area contributed by atoms with Crippen LogP contribution in [0, 0.1) is 0 Å². The van der Waals surface area contributed by atoms with Crippen molar-refractivity contribution >= 4 is 34.5 Å². The summed E-state index contributed by atoms with van der Waals surface area (Å²) in [4.78, 5) is 0. The number of rotatable bonds is 34. The molecule has 4 atom stereocenters. The van der Waals surface area contributed by atoms with Crippen LogP contribution >= 0.6 is 24.4 Å². The van der Waals surface area contributed by atoms with E-state index in [-0.39, 0.29) is 6.61 Å². The van der Waals surface area contributed by atoms with Crippen molar-refractivity contribution in [1.82, 2.24) is 0 Å². The van der Waals surface area contributed by atoms with Gasteiger partial charge in [0.15, 0.2) is 22.3 Å². The van der Waals surface area contributed by atoms with Gasteiger partial charge in [-0.1, -0.05) is 181 Å². The molecule has 1 saturated heterocycles. The first-order valence-corrected chi connectivity index (χ1v) is 21.1. The molecular weight excluding hydrogens is 625 g/mol. The summed E-state index contributed by atoms with van der Waals surface area (Å²) in [5.41, 5.74) is 0. The average Bonchev–Trinajstić information content (AvgIpc) is 3.45. The van der Waals surface area contributed by atoms with Crippen molar-refractivity contribution < 1.29 is 24.4 Å². The molecule has 5 nitrogen and oxygen atoms in total. The van der Waals surface area contributed by atoms with Crippen LogP contribution in [-0.2, 0) is 14.2 Å². The van der Waals surface area contributed by atoms with E-state index in [1.807, 2.05) is 0 Å². The Morgan fingerprint density at radius 3 is 1.21 bits per heavy atom. The second kappa shape index (κ2) is 32.8. The van der Waals surface area contributed by atoms with Crippen LogP contribution < -0.4 is 0 Å². The maximum Gasteiger partial charge on any atom is 0.167 e. The molecule has 0 amide bonds. The summed E-state index contributed by atoms with van der Waals surface area (Å²) >= 11 is 11.2. The fraction of sp³-hybridized carbons (Fsp3) is 0.950. The van der Waals surface area contributed by atoms with Crippen molar-refractivity contribution in [1.29, 1.82) is 0 Å². The van der Waals surface area contributed by atoms with Crippen molar-refractivity contribution in [2.24, 2.45) is 0 Å². The predicted octanol–water partition coefficient (Wildman–Crippen LogP) is 11.9. The van der Waals surface area contributed by atoms with Crippen LogP contribution in [0.4, 0.5) is 0 Å². The topological polar surface area (TPSA) is 68.2 Å². The maximum absolute atomic E-state index is 10.4. The summed E-state index contributed by atoms with van der Waals surface area (Å²) in [5.74, 6) is 0. The molecule has 0 aromatic rings. The van der Waals surface area contributed by atoms with E-state index in [0.717, 1.165) is 32.1 Å². The van der Waals surface area contributed by atoms with Gasteiger partial charge >= 0.3 is 0 Å². The second-order valence-electron chi connectivity index (χ2n) is 14.2. The van der Waals surface area contributed by atoms with Gasteiger partial charge in [0, 0.05) is 12.8 Å². The smallest absolute Gasteiger partial charge is 0.167 e. The van der Waals surface area contributed by atoms with Gasteiger partial charge in [-0.2, -0.15) is 0 Å². The van der Waals surface area contributed by atoms with Crippen molar-refractivity contribution in [2.75, 3.05) is 13.2 Å². The Kier molecular flexibility index (Phi) is 31.2. The third-order valence-electron chi connectivity index (χ3n) is 9.73. The first kappa shape index (κ1) is 44.7. The Balaban J connectivity index is 2.15. The lowest BCUT2D eigenvalue weighted by Crippen LogP contribution is -2.44. The molecule has 0 saturated carbocycles. The summed E-state index contributed by atoms with van der Waals surface area (Å²) in [7, 11) is 0. The first-order valence-electron chi connectivity index (χ1n) is 20.3. The minimum atomic E-state index is -1.04. The predicted molar refractivity (Wildman–Crippen MR) is 208 cm³/mol. The van der Waals surface area contributed by atoms with E-state index in [1.54, 1.807) is 0 Å². The largest absolute Gasteiger partial charge is 0.477 e. The molecule has 7 heteroatoms. The number of ether oxygens (including phenoxy) is 3. The fourth-order valence-corrected chi connectivity index (χ4v) is 7.17. The van der Waals surface area contributed by atoms with Crippen LogP contribution in [-0.4, -0.2) is 57.9 Å². The van der Waals surface area contributed by atoms with Gasteiger partial charge in [-0.3, -0.25) is 0 Å². The minimum absolute atomic E-state index is 0.271. The van der Waals surface area contributed by atoms with E-state index in [9.17, 15) is 10.2 Å². The lowest BCUT2D eigenvalue weighted by atomic mass is 10.0. The Labute approximate surface area is 302 Å². The standard InChI is InChI=1S/C40H76O5S2/c1-3-5-7-9-11-13-15-17-19-21-23-25-27-29-31-37(46)44-36-34-43-39(35(42)33-41)40(36)45-38(47)32-30-28-26-24-22-20-18-16-14-12-10-8-6-4-2/h35-36,39-42H,3-34H2,1-2H3/t35-,36+,39+,40+/m0/s1. The maximum atomic E-state index is 10.4. The molecule has 0 spiro atoms. The molecule has 278 valence electrons. The van der Waals surface area contributed by atoms with E-state index in [0.29, 0.717) is 16.5 Å². The number of thiocarbonyl (C=S) groups is 2. The van der Waals surface area contributed by atoms with Gasteiger partial charge in [0.05, 0.1) is 13.2 Å². The number of hydrogen-bond acceptors (Lipinski definition) is 7. The molecule has 0 aromatic heterocycles. The summed E-state index contributed by atoms with van der Waals surface area (Å²) in [5, 5.41) is 21.0. The molecule has 0 unspecified atom stereocenters. The SMILES string of the molecule is CCCCCCCCCCCCCCCCC(=S)O[C@H]1[C@@H]([C@@H](O)CO)OC[C@H]1OC(=S)CCCCCCCCCCCCCCCC. The zero-order valence-corrected chi connectivity index (χ0v) is 32.5. The van der Waals surface area contributed by atoms with Crippen LogP contribution in [0.25, 0.3) is 0 Å². The quantitative estimate of drug-likeness (QED) is 0.0511. The van der Waals surface area contributed by atoms with E-state index in [2.05, 4.69) is 13.8 Å². The van der Waals surface area contributed by atoms with Crippen LogP contribution in [0.15, 0.2) is 0 Å². The second-order valence-corrected chi connectivity index (χ2v) is 15.1. The van der Waals surface area contributed by atoms with E-state index in [1.165, 1.54) is 154 Å². The molecule has 47 heavy (non-hydrogen) atoms. The molecule has 1 rings (SSSR count). The number of aliphatic hydroxyl groups is 2. The van der Waals surface area contributed by atoms with Crippen LogP contribution in [0.3, 0.4) is 0 Å². The normalized spacial score (nSPS) is 18.4. The number of unbranched alkanes of at least 4 members (excludes halogenated alkanes) is 26. The van der Waals surface area contributed by atoms with Crippen LogP contribution in [0.1, 0.15) is 206 Å². The highest BCUT2D eigenvalue weighted by Crippen LogP contribution is 2.26. The first-order chi connectivity index (χ1) is 23.0. The molecular formula is C40H76O5S2. The molecule has 1 aliphatic rings. The van der Waals surface area contributed by atoms with Crippen molar-refractivity contribution in [3.8, 4) is 0 Å². The third kappa shape index (κ3) is 25.3. The van der Waals surface area contributed by atoms with Crippen LogP contribution in [0.5, 0.6) is 0 Å². The highest BCUT2D eigenvalue weighted by molar-refractivity contribution is 7.80. The van der Waals surface area contributed by atoms with Crippen molar-refractivity contribution in [3.63, 3.8) is 0 Å². The van der Waals surface area contributed by atoms with Gasteiger partial charge in [0.1, 0.15) is 12.2 Å². The van der Waals surface area contributed by atoms with Gasteiger partial charge in [-0.25, -0.2) is 0 Å². The molecule has 0 aromatic carbocycles. The minimum Gasteiger partial charge on any atom is -0.477 e. The van der Waals surface area contributed by atoms with Gasteiger partial charge in [0.2, 0.25) is 0 Å². The van der Waals surface area contributed by atoms with E-state index < -0.39 is 31.0 Å². The molecule has 1 heterocycles. The lowest BCUT2D eigenvalue weighted by molar-refractivity contribution is -0.0639. The molecule has 0 radical (unpaired) electrons. The summed E-state index contributed by atoms with van der Waals surface area (Å²) in [6.45, 7) is 4.43. The molecule has 1 aliphatic heterocycles. The van der Waals surface area contributed by atoms with Gasteiger partial charge < -0.3 is 24.4 Å². The zero-order chi connectivity index (χ0) is 34.2. The molecule has 0 bridgehead atoms. The van der Waals surface area contributed by atoms with Gasteiger partial charge in [-0.15, -0.1) is 0 Å². The number of aliphatic hydroxyl groups excluding tert-OH is 2. The number of hydrogen-bond donors (Lipinski definition) is 2. The van der Waals surface area contributed by atoms with Crippen molar-refractivity contribution in [3.05, 3.63) is 0 Å².